The van der Waals surface area contributed by atoms with Crippen LogP contribution in [0, 0.1) is 0 Å². The van der Waals surface area contributed by atoms with Crippen molar-refractivity contribution in [2.75, 3.05) is 13.2 Å². The van der Waals surface area contributed by atoms with E-state index >= 15 is 0 Å². The Morgan fingerprint density at radius 2 is 1.36 bits per heavy atom. The van der Waals surface area contributed by atoms with Crippen LogP contribution in [-0.4, -0.2) is 67.8 Å². The summed E-state index contributed by atoms with van der Waals surface area (Å²) in [4.78, 5) is 45.9. The summed E-state index contributed by atoms with van der Waals surface area (Å²) in [6, 6.07) is 0. The molecule has 0 spiro atoms. The summed E-state index contributed by atoms with van der Waals surface area (Å²) in [6.45, 7) is 6.78. The Bertz CT molecular complexity index is 561. The molecule has 1 heterocycles. The van der Waals surface area contributed by atoms with Crippen LogP contribution in [0.1, 0.15) is 47.5 Å². The van der Waals surface area contributed by atoms with Gasteiger partial charge in [-0.05, 0) is 6.42 Å². The summed E-state index contributed by atoms with van der Waals surface area (Å²) >= 11 is 0. The Kier molecular flexibility index (Phi) is 9.88. The second-order valence-corrected chi connectivity index (χ2v) is 6.29. The molecule has 0 aromatic heterocycles. The first-order chi connectivity index (χ1) is 13.1. The lowest BCUT2D eigenvalue weighted by Crippen LogP contribution is -2.62. The van der Waals surface area contributed by atoms with E-state index in [1.54, 1.807) is 0 Å². The highest BCUT2D eigenvalue weighted by molar-refractivity contribution is 5.68. The Balaban J connectivity index is 3.21. The molecule has 1 aliphatic heterocycles. The van der Waals surface area contributed by atoms with Gasteiger partial charge in [-0.15, -0.1) is 0 Å². The number of carbonyl (C=O) groups excluding carboxylic acids is 4. The second kappa shape index (κ2) is 11.6. The molecule has 160 valence electrons. The maximum atomic E-state index is 11.7. The first-order valence-corrected chi connectivity index (χ1v) is 9.07. The maximum Gasteiger partial charge on any atom is 0.305 e. The van der Waals surface area contributed by atoms with E-state index in [1.165, 1.54) is 13.8 Å². The van der Waals surface area contributed by atoms with E-state index in [0.717, 1.165) is 26.7 Å². The summed E-state index contributed by atoms with van der Waals surface area (Å²) < 4.78 is 32.2. The van der Waals surface area contributed by atoms with Gasteiger partial charge >= 0.3 is 23.9 Å². The zero-order valence-electron chi connectivity index (χ0n) is 16.8. The quantitative estimate of drug-likeness (QED) is 0.311. The molecule has 0 radical (unpaired) electrons. The van der Waals surface area contributed by atoms with E-state index in [9.17, 15) is 19.2 Å². The molecule has 0 unspecified atom stereocenters. The van der Waals surface area contributed by atoms with Crippen molar-refractivity contribution in [1.82, 2.24) is 0 Å². The average Bonchev–Trinajstić information content (AvgIpc) is 2.56. The summed E-state index contributed by atoms with van der Waals surface area (Å²) in [5.74, 6) is -2.58. The molecule has 1 saturated heterocycles. The van der Waals surface area contributed by atoms with Gasteiger partial charge in [0, 0.05) is 34.3 Å². The van der Waals surface area contributed by atoms with Crippen molar-refractivity contribution in [2.24, 2.45) is 0 Å². The molecule has 0 saturated carbocycles. The molecule has 0 aliphatic carbocycles. The van der Waals surface area contributed by atoms with Gasteiger partial charge in [0.25, 0.3) is 0 Å². The largest absolute Gasteiger partial charge is 0.463 e. The lowest BCUT2D eigenvalue weighted by Gasteiger charge is -2.44. The number of carbonyl (C=O) groups is 4. The lowest BCUT2D eigenvalue weighted by molar-refractivity contribution is -0.304. The SMILES string of the molecule is CCCCO[C@H]1[C@H](OC(C)=O)[C@H](OC(C)=O)[C@@H](OC(C)=O)O[C@@H]1COC(C)=O. The number of unbranched alkanes of at least 4 members (excludes halogenated alkanes) is 1. The third-order valence-corrected chi connectivity index (χ3v) is 3.74. The first-order valence-electron chi connectivity index (χ1n) is 9.07. The van der Waals surface area contributed by atoms with E-state index in [-0.39, 0.29) is 6.61 Å². The second-order valence-electron chi connectivity index (χ2n) is 6.29. The molecule has 1 rings (SSSR count). The molecule has 0 amide bonds. The van der Waals surface area contributed by atoms with Gasteiger partial charge < -0.3 is 28.4 Å². The average molecular weight is 404 g/mol. The first kappa shape index (κ1) is 23.8. The fourth-order valence-electron chi connectivity index (χ4n) is 2.68. The number of hydrogen-bond donors (Lipinski definition) is 0. The minimum absolute atomic E-state index is 0.228. The van der Waals surface area contributed by atoms with Crippen molar-refractivity contribution < 1.29 is 47.6 Å². The van der Waals surface area contributed by atoms with Crippen LogP contribution in [0.2, 0.25) is 0 Å². The van der Waals surface area contributed by atoms with Gasteiger partial charge in [0.1, 0.15) is 18.8 Å². The Morgan fingerprint density at radius 1 is 0.786 bits per heavy atom. The number of rotatable bonds is 9. The van der Waals surface area contributed by atoms with E-state index < -0.39 is 54.6 Å². The van der Waals surface area contributed by atoms with Crippen LogP contribution in [0.5, 0.6) is 0 Å². The van der Waals surface area contributed by atoms with Crippen LogP contribution >= 0.6 is 0 Å². The molecular formula is C18H28O10. The minimum atomic E-state index is -1.36. The van der Waals surface area contributed by atoms with Crippen molar-refractivity contribution in [2.45, 2.75) is 78.2 Å². The molecule has 0 N–H and O–H groups in total. The summed E-state index contributed by atoms with van der Waals surface area (Å²) in [6.07, 6.45) is -3.99. The van der Waals surface area contributed by atoms with Crippen LogP contribution in [-0.2, 0) is 47.6 Å². The molecule has 10 heteroatoms. The lowest BCUT2D eigenvalue weighted by atomic mass is 9.98. The molecule has 1 fully saturated rings. The van der Waals surface area contributed by atoms with Crippen molar-refractivity contribution in [3.05, 3.63) is 0 Å². The monoisotopic (exact) mass is 404 g/mol. The van der Waals surface area contributed by atoms with Gasteiger partial charge in [-0.3, -0.25) is 19.2 Å². The highest BCUT2D eigenvalue weighted by atomic mass is 16.7. The maximum absolute atomic E-state index is 11.7. The standard InChI is InChI=1S/C18H28O10/c1-6-7-8-23-15-14(9-24-10(2)19)28-18(27-13(5)22)17(26-12(4)21)16(15)25-11(3)20/h14-18H,6-9H2,1-5H3/t14-,15-,16+,17+,18+/m1/s1. The van der Waals surface area contributed by atoms with Crippen molar-refractivity contribution in [3.8, 4) is 0 Å². The topological polar surface area (TPSA) is 124 Å². The number of hydrogen-bond acceptors (Lipinski definition) is 10. The van der Waals surface area contributed by atoms with Gasteiger partial charge in [0.15, 0.2) is 6.10 Å². The third kappa shape index (κ3) is 7.81. The molecule has 5 atom stereocenters. The van der Waals surface area contributed by atoms with E-state index in [2.05, 4.69) is 0 Å². The molecule has 0 aromatic carbocycles. The van der Waals surface area contributed by atoms with E-state index in [4.69, 9.17) is 28.4 Å². The van der Waals surface area contributed by atoms with Crippen LogP contribution in [0.4, 0.5) is 0 Å². The molecule has 10 nitrogen and oxygen atoms in total. The van der Waals surface area contributed by atoms with Crippen LogP contribution in [0.15, 0.2) is 0 Å². The molecule has 28 heavy (non-hydrogen) atoms. The normalized spacial score (nSPS) is 26.8. The number of esters is 4. The fourth-order valence-corrected chi connectivity index (χ4v) is 2.68. The smallest absolute Gasteiger partial charge is 0.305 e. The molecule has 0 aromatic rings. The Labute approximate surface area is 163 Å². The fraction of sp³-hybridized carbons (Fsp3) is 0.778. The van der Waals surface area contributed by atoms with Crippen molar-refractivity contribution in [1.29, 1.82) is 0 Å². The zero-order chi connectivity index (χ0) is 21.3. The highest BCUT2D eigenvalue weighted by Crippen LogP contribution is 2.30. The van der Waals surface area contributed by atoms with Crippen molar-refractivity contribution >= 4 is 23.9 Å². The van der Waals surface area contributed by atoms with Crippen LogP contribution in [0.25, 0.3) is 0 Å². The minimum Gasteiger partial charge on any atom is -0.463 e. The van der Waals surface area contributed by atoms with Gasteiger partial charge in [-0.25, -0.2) is 0 Å². The zero-order valence-corrected chi connectivity index (χ0v) is 16.8. The van der Waals surface area contributed by atoms with Gasteiger partial charge in [0.05, 0.1) is 0 Å². The van der Waals surface area contributed by atoms with Crippen LogP contribution < -0.4 is 0 Å². The predicted octanol–water partition coefficient (Wildman–Crippen LogP) is 0.886. The summed E-state index contributed by atoms with van der Waals surface area (Å²) in [5, 5.41) is 0. The summed E-state index contributed by atoms with van der Waals surface area (Å²) in [5.41, 5.74) is 0. The third-order valence-electron chi connectivity index (χ3n) is 3.74. The van der Waals surface area contributed by atoms with Crippen molar-refractivity contribution in [3.63, 3.8) is 0 Å². The van der Waals surface area contributed by atoms with Gasteiger partial charge in [-0.2, -0.15) is 0 Å². The summed E-state index contributed by atoms with van der Waals surface area (Å²) in [7, 11) is 0. The Hall–Kier alpha value is -2.20. The molecule has 0 bridgehead atoms. The Morgan fingerprint density at radius 3 is 1.86 bits per heavy atom. The number of ether oxygens (including phenoxy) is 6. The molecular weight excluding hydrogens is 376 g/mol. The van der Waals surface area contributed by atoms with E-state index in [1.807, 2.05) is 6.92 Å². The van der Waals surface area contributed by atoms with Gasteiger partial charge in [0.2, 0.25) is 12.4 Å². The molecule has 1 aliphatic rings. The van der Waals surface area contributed by atoms with E-state index in [0.29, 0.717) is 6.61 Å². The highest BCUT2D eigenvalue weighted by Gasteiger charge is 2.52. The predicted molar refractivity (Wildman–Crippen MR) is 92.8 cm³/mol. The van der Waals surface area contributed by atoms with Crippen LogP contribution in [0.3, 0.4) is 0 Å². The van der Waals surface area contributed by atoms with Gasteiger partial charge in [-0.1, -0.05) is 13.3 Å².